The Morgan fingerprint density at radius 2 is 1.58 bits per heavy atom. The zero-order valence-electron chi connectivity index (χ0n) is 11.8. The van der Waals surface area contributed by atoms with Gasteiger partial charge in [0.1, 0.15) is 5.75 Å². The fourth-order valence-corrected chi connectivity index (χ4v) is 2.23. The van der Waals surface area contributed by atoms with E-state index >= 15 is 0 Å². The third-order valence-corrected chi connectivity index (χ3v) is 3.41. The van der Waals surface area contributed by atoms with Crippen LogP contribution in [0.2, 0.25) is 0 Å². The van der Waals surface area contributed by atoms with E-state index in [1.54, 1.807) is 0 Å². The Kier molecular flexibility index (Phi) is 5.66. The molecule has 0 spiro atoms. The Hall–Kier alpha value is -2.29. The minimum absolute atomic E-state index is 0.121. The standard InChI is InChI=1S/C15H10F5NO2S/c16-14(17)24-12-7-3-10(4-8-12)21-13(22)9-1-5-11(6-2-9)23-15(18,19)20/h1-8,14H,(H,21,22). The second-order valence-electron chi connectivity index (χ2n) is 4.43. The number of carbonyl (C=O) groups excluding carboxylic acids is 1. The van der Waals surface area contributed by atoms with Crippen molar-refractivity contribution in [1.29, 1.82) is 0 Å². The average molecular weight is 363 g/mol. The summed E-state index contributed by atoms with van der Waals surface area (Å²) in [5, 5.41) is 2.51. The van der Waals surface area contributed by atoms with Crippen molar-refractivity contribution in [3.8, 4) is 5.75 Å². The quantitative estimate of drug-likeness (QED) is 0.590. The van der Waals surface area contributed by atoms with Crippen molar-refractivity contribution in [3.63, 3.8) is 0 Å². The summed E-state index contributed by atoms with van der Waals surface area (Å²) in [4.78, 5) is 12.3. The zero-order chi connectivity index (χ0) is 17.7. The third-order valence-electron chi connectivity index (χ3n) is 2.69. The van der Waals surface area contributed by atoms with Crippen LogP contribution in [0.5, 0.6) is 5.75 Å². The van der Waals surface area contributed by atoms with Gasteiger partial charge in [-0.2, -0.15) is 8.78 Å². The second kappa shape index (κ2) is 7.52. The van der Waals surface area contributed by atoms with E-state index in [1.807, 2.05) is 0 Å². The fraction of sp³-hybridized carbons (Fsp3) is 0.133. The number of halogens is 5. The number of hydrogen-bond donors (Lipinski definition) is 1. The predicted molar refractivity (Wildman–Crippen MR) is 79.4 cm³/mol. The Labute approximate surface area is 137 Å². The number of ether oxygens (including phenoxy) is 1. The third kappa shape index (κ3) is 5.73. The smallest absolute Gasteiger partial charge is 0.406 e. The van der Waals surface area contributed by atoms with Gasteiger partial charge in [-0.25, -0.2) is 0 Å². The maximum atomic E-state index is 12.2. The summed E-state index contributed by atoms with van der Waals surface area (Å²) in [5.41, 5.74) is 0.491. The minimum atomic E-state index is -4.80. The summed E-state index contributed by atoms with van der Waals surface area (Å²) in [6.07, 6.45) is -4.80. The normalized spacial score (nSPS) is 11.4. The van der Waals surface area contributed by atoms with Crippen molar-refractivity contribution in [1.82, 2.24) is 0 Å². The Bertz CT molecular complexity index is 687. The molecule has 2 rings (SSSR count). The summed E-state index contributed by atoms with van der Waals surface area (Å²) in [7, 11) is 0. The van der Waals surface area contributed by atoms with Gasteiger partial charge in [0.15, 0.2) is 0 Å². The van der Waals surface area contributed by atoms with Crippen molar-refractivity contribution in [2.24, 2.45) is 0 Å². The Morgan fingerprint density at radius 1 is 1.00 bits per heavy atom. The summed E-state index contributed by atoms with van der Waals surface area (Å²) < 4.78 is 64.3. The maximum Gasteiger partial charge on any atom is 0.573 e. The Balaban J connectivity index is 1.99. The fourth-order valence-electron chi connectivity index (χ4n) is 1.73. The lowest BCUT2D eigenvalue weighted by Crippen LogP contribution is -2.17. The number of alkyl halides is 5. The lowest BCUT2D eigenvalue weighted by molar-refractivity contribution is -0.274. The van der Waals surface area contributed by atoms with Gasteiger partial charge in [-0.1, -0.05) is 11.8 Å². The molecule has 1 N–H and O–H groups in total. The highest BCUT2D eigenvalue weighted by atomic mass is 32.2. The van der Waals surface area contributed by atoms with Gasteiger partial charge in [0.05, 0.1) is 0 Å². The number of amides is 1. The van der Waals surface area contributed by atoms with E-state index in [-0.39, 0.29) is 5.56 Å². The summed E-state index contributed by atoms with van der Waals surface area (Å²) in [5.74, 6) is -3.53. The molecule has 0 aliphatic heterocycles. The van der Waals surface area contributed by atoms with E-state index < -0.39 is 23.8 Å². The van der Waals surface area contributed by atoms with Crippen LogP contribution in [0.25, 0.3) is 0 Å². The Morgan fingerprint density at radius 3 is 2.08 bits per heavy atom. The van der Waals surface area contributed by atoms with Crippen LogP contribution in [0, 0.1) is 0 Å². The van der Waals surface area contributed by atoms with Crippen LogP contribution < -0.4 is 10.1 Å². The van der Waals surface area contributed by atoms with Crippen molar-refractivity contribution in [2.75, 3.05) is 5.32 Å². The number of benzene rings is 2. The van der Waals surface area contributed by atoms with Crippen molar-refractivity contribution >= 4 is 23.4 Å². The van der Waals surface area contributed by atoms with Crippen LogP contribution in [-0.4, -0.2) is 18.0 Å². The van der Waals surface area contributed by atoms with Gasteiger partial charge in [-0.15, -0.1) is 13.2 Å². The number of carbonyl (C=O) groups is 1. The molecule has 3 nitrogen and oxygen atoms in total. The van der Waals surface area contributed by atoms with Gasteiger partial charge < -0.3 is 10.1 Å². The van der Waals surface area contributed by atoms with Crippen LogP contribution in [0.1, 0.15) is 10.4 Å². The van der Waals surface area contributed by atoms with Gasteiger partial charge in [-0.3, -0.25) is 4.79 Å². The lowest BCUT2D eigenvalue weighted by atomic mass is 10.2. The van der Waals surface area contributed by atoms with Crippen LogP contribution in [0.3, 0.4) is 0 Å². The molecule has 0 aromatic heterocycles. The first kappa shape index (κ1) is 18.1. The maximum absolute atomic E-state index is 12.2. The average Bonchev–Trinajstić information content (AvgIpc) is 2.48. The molecule has 0 radical (unpaired) electrons. The van der Waals surface area contributed by atoms with Crippen LogP contribution in [0.4, 0.5) is 27.6 Å². The lowest BCUT2D eigenvalue weighted by Gasteiger charge is -2.10. The van der Waals surface area contributed by atoms with E-state index in [1.165, 1.54) is 36.4 Å². The number of rotatable bonds is 5. The molecule has 1 amide bonds. The molecule has 0 atom stereocenters. The molecule has 24 heavy (non-hydrogen) atoms. The molecule has 0 heterocycles. The summed E-state index contributed by atoms with van der Waals surface area (Å²) in [6.45, 7) is 0. The van der Waals surface area contributed by atoms with Crippen LogP contribution in [-0.2, 0) is 0 Å². The van der Waals surface area contributed by atoms with E-state index in [2.05, 4.69) is 10.1 Å². The highest BCUT2D eigenvalue weighted by Gasteiger charge is 2.31. The number of thioether (sulfide) groups is 1. The molecular formula is C15H10F5NO2S. The molecule has 0 aliphatic rings. The zero-order valence-corrected chi connectivity index (χ0v) is 12.6. The van der Waals surface area contributed by atoms with Gasteiger partial charge in [-0.05, 0) is 48.5 Å². The molecule has 0 fully saturated rings. The highest BCUT2D eigenvalue weighted by molar-refractivity contribution is 7.99. The van der Waals surface area contributed by atoms with Crippen molar-refractivity contribution in [3.05, 3.63) is 54.1 Å². The molecule has 9 heteroatoms. The van der Waals surface area contributed by atoms with Crippen molar-refractivity contribution < 1.29 is 31.5 Å². The van der Waals surface area contributed by atoms with Crippen LogP contribution >= 0.6 is 11.8 Å². The van der Waals surface area contributed by atoms with E-state index in [4.69, 9.17) is 0 Å². The first-order valence-corrected chi connectivity index (χ1v) is 7.33. The molecule has 128 valence electrons. The first-order chi connectivity index (χ1) is 11.2. The molecular weight excluding hydrogens is 353 g/mol. The SMILES string of the molecule is O=C(Nc1ccc(SC(F)F)cc1)c1ccc(OC(F)(F)F)cc1. The van der Waals surface area contributed by atoms with E-state index in [9.17, 15) is 26.7 Å². The number of nitrogens with one attached hydrogen (secondary N) is 1. The summed E-state index contributed by atoms with van der Waals surface area (Å²) >= 11 is 0.377. The van der Waals surface area contributed by atoms with Crippen molar-refractivity contribution in [2.45, 2.75) is 17.0 Å². The first-order valence-electron chi connectivity index (χ1n) is 6.45. The molecule has 0 unspecified atom stereocenters. The molecule has 0 aliphatic carbocycles. The van der Waals surface area contributed by atoms with Gasteiger partial charge in [0.25, 0.3) is 11.7 Å². The summed E-state index contributed by atoms with van der Waals surface area (Å²) in [6, 6.07) is 10.1. The van der Waals surface area contributed by atoms with Crippen LogP contribution in [0.15, 0.2) is 53.4 Å². The molecule has 2 aromatic rings. The van der Waals surface area contributed by atoms with Gasteiger partial charge >= 0.3 is 6.36 Å². The van der Waals surface area contributed by atoms with E-state index in [0.29, 0.717) is 22.3 Å². The second-order valence-corrected chi connectivity index (χ2v) is 5.49. The topological polar surface area (TPSA) is 38.3 Å². The molecule has 0 bridgehead atoms. The van der Waals surface area contributed by atoms with Gasteiger partial charge in [0.2, 0.25) is 0 Å². The van der Waals surface area contributed by atoms with E-state index in [0.717, 1.165) is 12.1 Å². The monoisotopic (exact) mass is 363 g/mol. The minimum Gasteiger partial charge on any atom is -0.406 e. The molecule has 0 saturated heterocycles. The highest BCUT2D eigenvalue weighted by Crippen LogP contribution is 2.26. The van der Waals surface area contributed by atoms with Gasteiger partial charge in [0, 0.05) is 16.1 Å². The number of hydrogen-bond acceptors (Lipinski definition) is 3. The number of anilines is 1. The predicted octanol–water partition coefficient (Wildman–Crippen LogP) is 5.15. The largest absolute Gasteiger partial charge is 0.573 e. The molecule has 0 saturated carbocycles. The molecule has 2 aromatic carbocycles.